The van der Waals surface area contributed by atoms with Gasteiger partial charge in [0.15, 0.2) is 0 Å². The maximum absolute atomic E-state index is 13.3. The van der Waals surface area contributed by atoms with Crippen LogP contribution in [0.25, 0.3) is 0 Å². The molecule has 1 aliphatic heterocycles. The molecular weight excluding hydrogens is 418 g/mol. The highest BCUT2D eigenvalue weighted by Gasteiger charge is 2.43. The van der Waals surface area contributed by atoms with Crippen molar-refractivity contribution >= 4 is 38.9 Å². The Hall–Kier alpha value is -3.07. The summed E-state index contributed by atoms with van der Waals surface area (Å²) in [6.45, 7) is 10.2. The number of phenols is 1. The molecule has 3 rings (SSSR count). The largest absolute Gasteiger partial charge is 0.505 e. The van der Waals surface area contributed by atoms with E-state index in [1.165, 1.54) is 6.07 Å². The number of rotatable bonds is 5. The molecule has 0 saturated heterocycles. The molecule has 2 aromatic rings. The van der Waals surface area contributed by atoms with Crippen LogP contribution < -0.4 is 15.4 Å². The number of amides is 2. The lowest BCUT2D eigenvalue weighted by Crippen LogP contribution is -2.27. The minimum absolute atomic E-state index is 0.0326. The number of nitrogens with one attached hydrogen (secondary N) is 3. The normalized spacial score (nSPS) is 14.7. The Balaban J connectivity index is 2.20. The Morgan fingerprint density at radius 2 is 1.68 bits per heavy atom. The van der Waals surface area contributed by atoms with Crippen molar-refractivity contribution < 1.29 is 23.1 Å². The zero-order valence-corrected chi connectivity index (χ0v) is 19.2. The van der Waals surface area contributed by atoms with Gasteiger partial charge in [-0.1, -0.05) is 24.6 Å². The first-order chi connectivity index (χ1) is 14.3. The van der Waals surface area contributed by atoms with Crippen LogP contribution in [0.3, 0.4) is 0 Å². The summed E-state index contributed by atoms with van der Waals surface area (Å²) in [5.74, 6) is -1.02. The first-order valence-electron chi connectivity index (χ1n) is 9.92. The number of sulfonamides is 1. The minimum atomic E-state index is -4.03. The van der Waals surface area contributed by atoms with Gasteiger partial charge in [-0.15, -0.1) is 0 Å². The average molecular weight is 446 g/mol. The molecule has 4 N–H and O–H groups in total. The number of aryl methyl sites for hydroxylation is 3. The number of anilines is 3. The molecule has 2 amide bonds. The first kappa shape index (κ1) is 22.6. The quantitative estimate of drug-likeness (QED) is 0.413. The van der Waals surface area contributed by atoms with E-state index in [2.05, 4.69) is 15.4 Å². The van der Waals surface area contributed by atoms with Gasteiger partial charge in [0, 0.05) is 12.0 Å². The van der Waals surface area contributed by atoms with Gasteiger partial charge in [-0.05, 0) is 51.8 Å². The number of phenolic OH excluding ortho intramolecular Hbond substituents is 1. The molecule has 0 bridgehead atoms. The lowest BCUT2D eigenvalue weighted by Gasteiger charge is -2.21. The Bertz CT molecular complexity index is 1190. The molecule has 31 heavy (non-hydrogen) atoms. The molecule has 0 saturated carbocycles. The molecule has 1 aliphatic rings. The van der Waals surface area contributed by atoms with Crippen LogP contribution >= 0.6 is 0 Å². The maximum Gasteiger partial charge on any atom is 0.262 e. The van der Waals surface area contributed by atoms with E-state index in [9.17, 15) is 23.1 Å². The Morgan fingerprint density at radius 1 is 1.10 bits per heavy atom. The molecule has 0 radical (unpaired) electrons. The molecule has 1 heterocycles. The van der Waals surface area contributed by atoms with Crippen molar-refractivity contribution in [2.45, 2.75) is 58.3 Å². The first-order valence-corrected chi connectivity index (χ1v) is 11.4. The standard InChI is InChI=1S/C22H27N3O5S/c1-7-16(26)23-15-10-14(18-17(19(15)27)22(5,6)21(28)24-18)25-31(29,30)20-12(3)8-11(2)9-13(20)4/h8-10,25,27H,7H2,1-6H3,(H,23,26)(H,24,28). The molecule has 0 atom stereocenters. The van der Waals surface area contributed by atoms with Crippen LogP contribution in [0.5, 0.6) is 5.75 Å². The molecule has 0 unspecified atom stereocenters. The van der Waals surface area contributed by atoms with Crippen LogP contribution in [0.1, 0.15) is 49.4 Å². The summed E-state index contributed by atoms with van der Waals surface area (Å²) in [6.07, 6.45) is 0.167. The lowest BCUT2D eigenvalue weighted by molar-refractivity contribution is -0.119. The van der Waals surface area contributed by atoms with Crippen molar-refractivity contribution in [2.75, 3.05) is 15.4 Å². The predicted molar refractivity (Wildman–Crippen MR) is 120 cm³/mol. The van der Waals surface area contributed by atoms with Crippen LogP contribution in [0.15, 0.2) is 23.1 Å². The second-order valence-corrected chi connectivity index (χ2v) is 10.0. The summed E-state index contributed by atoms with van der Waals surface area (Å²) in [5.41, 5.74) is 1.49. The van der Waals surface area contributed by atoms with E-state index in [1.807, 2.05) is 6.92 Å². The Labute approximate surface area is 182 Å². The third-order valence-electron chi connectivity index (χ3n) is 5.44. The third kappa shape index (κ3) is 3.85. The Morgan fingerprint density at radius 3 is 2.23 bits per heavy atom. The molecule has 9 heteroatoms. The fraction of sp³-hybridized carbons (Fsp3) is 0.364. The van der Waals surface area contributed by atoms with E-state index in [4.69, 9.17) is 0 Å². The fourth-order valence-corrected chi connectivity index (χ4v) is 5.51. The van der Waals surface area contributed by atoms with Gasteiger partial charge in [0.05, 0.1) is 27.4 Å². The predicted octanol–water partition coefficient (Wildman–Crippen LogP) is 3.70. The zero-order chi connectivity index (χ0) is 23.3. The number of carbonyl (C=O) groups excluding carboxylic acids is 2. The fourth-order valence-electron chi connectivity index (χ4n) is 4.00. The van der Waals surface area contributed by atoms with Crippen molar-refractivity contribution in [3.63, 3.8) is 0 Å². The summed E-state index contributed by atoms with van der Waals surface area (Å²) in [4.78, 5) is 24.6. The van der Waals surface area contributed by atoms with Gasteiger partial charge in [-0.25, -0.2) is 8.42 Å². The smallest absolute Gasteiger partial charge is 0.262 e. The third-order valence-corrected chi connectivity index (χ3v) is 7.11. The SMILES string of the molecule is CCC(=O)Nc1cc(NS(=O)(=O)c2c(C)cc(C)cc2C)c2c(c1O)C(C)(C)C(=O)N2. The summed E-state index contributed by atoms with van der Waals surface area (Å²) in [5, 5.41) is 16.0. The van der Waals surface area contributed by atoms with Gasteiger partial charge in [-0.3, -0.25) is 14.3 Å². The van der Waals surface area contributed by atoms with E-state index in [0.717, 1.165) is 5.56 Å². The highest BCUT2D eigenvalue weighted by atomic mass is 32.2. The number of hydrogen-bond donors (Lipinski definition) is 4. The van der Waals surface area contributed by atoms with Crippen molar-refractivity contribution in [3.05, 3.63) is 40.5 Å². The van der Waals surface area contributed by atoms with Gasteiger partial charge < -0.3 is 15.7 Å². The second kappa shape index (κ2) is 7.56. The molecule has 166 valence electrons. The number of carbonyl (C=O) groups is 2. The van der Waals surface area contributed by atoms with Gasteiger partial charge in [0.2, 0.25) is 11.8 Å². The summed E-state index contributed by atoms with van der Waals surface area (Å²) < 4.78 is 29.1. The van der Waals surface area contributed by atoms with E-state index in [1.54, 1.807) is 46.8 Å². The molecule has 0 aromatic heterocycles. The van der Waals surface area contributed by atoms with Gasteiger partial charge in [0.25, 0.3) is 10.0 Å². The van der Waals surface area contributed by atoms with Crippen LogP contribution in [0.2, 0.25) is 0 Å². The highest BCUT2D eigenvalue weighted by molar-refractivity contribution is 7.92. The number of aromatic hydroxyl groups is 1. The number of hydrogen-bond acceptors (Lipinski definition) is 5. The van der Waals surface area contributed by atoms with Crippen molar-refractivity contribution in [1.29, 1.82) is 0 Å². The van der Waals surface area contributed by atoms with E-state index in [-0.39, 0.29) is 51.5 Å². The zero-order valence-electron chi connectivity index (χ0n) is 18.4. The molecule has 8 nitrogen and oxygen atoms in total. The maximum atomic E-state index is 13.3. The summed E-state index contributed by atoms with van der Waals surface area (Å²) in [6, 6.07) is 4.88. The van der Waals surface area contributed by atoms with Gasteiger partial charge in [0.1, 0.15) is 5.75 Å². The van der Waals surface area contributed by atoms with Crippen molar-refractivity contribution in [1.82, 2.24) is 0 Å². The summed E-state index contributed by atoms with van der Waals surface area (Å²) >= 11 is 0. The van der Waals surface area contributed by atoms with E-state index in [0.29, 0.717) is 11.1 Å². The molecule has 0 aliphatic carbocycles. The highest BCUT2D eigenvalue weighted by Crippen LogP contribution is 2.50. The molecule has 0 spiro atoms. The monoisotopic (exact) mass is 445 g/mol. The lowest BCUT2D eigenvalue weighted by atomic mass is 9.85. The van der Waals surface area contributed by atoms with Gasteiger partial charge in [-0.2, -0.15) is 0 Å². The van der Waals surface area contributed by atoms with E-state index < -0.39 is 15.4 Å². The minimum Gasteiger partial charge on any atom is -0.505 e. The number of benzene rings is 2. The van der Waals surface area contributed by atoms with Crippen LogP contribution in [-0.4, -0.2) is 25.3 Å². The summed E-state index contributed by atoms with van der Waals surface area (Å²) in [7, 11) is -4.03. The second-order valence-electron chi connectivity index (χ2n) is 8.38. The van der Waals surface area contributed by atoms with Gasteiger partial charge >= 0.3 is 0 Å². The van der Waals surface area contributed by atoms with E-state index >= 15 is 0 Å². The van der Waals surface area contributed by atoms with Crippen LogP contribution in [0.4, 0.5) is 17.1 Å². The van der Waals surface area contributed by atoms with Crippen molar-refractivity contribution in [2.24, 2.45) is 0 Å². The Kier molecular flexibility index (Phi) is 5.52. The van der Waals surface area contributed by atoms with Crippen molar-refractivity contribution in [3.8, 4) is 5.75 Å². The topological polar surface area (TPSA) is 125 Å². The van der Waals surface area contributed by atoms with Crippen LogP contribution in [0, 0.1) is 20.8 Å². The average Bonchev–Trinajstić information content (AvgIpc) is 2.87. The number of fused-ring (bicyclic) bond motifs is 1. The molecule has 0 fully saturated rings. The molecular formula is C22H27N3O5S. The molecule has 2 aromatic carbocycles. The van der Waals surface area contributed by atoms with Crippen LogP contribution in [-0.2, 0) is 25.0 Å².